The molecule has 1 aromatic heterocycles. The molecule has 0 bridgehead atoms. The fourth-order valence-corrected chi connectivity index (χ4v) is 3.19. The van der Waals surface area contributed by atoms with Gasteiger partial charge >= 0.3 is 0 Å². The number of benzene rings is 1. The number of amides is 1. The fourth-order valence-electron chi connectivity index (χ4n) is 3.19. The van der Waals surface area contributed by atoms with Crippen molar-refractivity contribution in [3.8, 4) is 5.75 Å². The smallest absolute Gasteiger partial charge is 0.253 e. The van der Waals surface area contributed by atoms with Crippen molar-refractivity contribution in [3.05, 3.63) is 35.5 Å². The highest BCUT2D eigenvalue weighted by molar-refractivity contribution is 5.99. The third kappa shape index (κ3) is 3.22. The lowest BCUT2D eigenvalue weighted by Crippen LogP contribution is -2.48. The number of rotatable bonds is 5. The Morgan fingerprint density at radius 1 is 1.38 bits per heavy atom. The second-order valence-electron chi connectivity index (χ2n) is 7.43. The molecule has 1 aliphatic rings. The maximum Gasteiger partial charge on any atom is 0.253 e. The van der Waals surface area contributed by atoms with E-state index in [9.17, 15) is 15.0 Å². The molecule has 5 heteroatoms. The summed E-state index contributed by atoms with van der Waals surface area (Å²) in [6.07, 6.45) is 2.16. The molecule has 1 aromatic carbocycles. The standard InChI is InChI=1S/C19H24N2O3/c1-11-15(9-13-8-14(23)6-7-16(13)20-11)18(24)21-17(12-4-5-12)19(2,3)10-22/h6-9,12,17,22-23H,4-5,10H2,1-3H3,(H,21,24). The highest BCUT2D eigenvalue weighted by Crippen LogP contribution is 2.40. The van der Waals surface area contributed by atoms with Gasteiger partial charge in [-0.25, -0.2) is 0 Å². The topological polar surface area (TPSA) is 82.5 Å². The van der Waals surface area contributed by atoms with E-state index >= 15 is 0 Å². The van der Waals surface area contributed by atoms with Gasteiger partial charge in [0.15, 0.2) is 0 Å². The van der Waals surface area contributed by atoms with Crippen LogP contribution in [0.1, 0.15) is 42.7 Å². The van der Waals surface area contributed by atoms with Gasteiger partial charge in [0, 0.05) is 16.8 Å². The van der Waals surface area contributed by atoms with E-state index in [1.54, 1.807) is 24.3 Å². The number of hydrogen-bond donors (Lipinski definition) is 3. The van der Waals surface area contributed by atoms with E-state index in [1.807, 2.05) is 20.8 Å². The summed E-state index contributed by atoms with van der Waals surface area (Å²) >= 11 is 0. The van der Waals surface area contributed by atoms with Crippen LogP contribution in [-0.2, 0) is 0 Å². The largest absolute Gasteiger partial charge is 0.508 e. The van der Waals surface area contributed by atoms with E-state index < -0.39 is 0 Å². The monoisotopic (exact) mass is 328 g/mol. The van der Waals surface area contributed by atoms with Crippen LogP contribution in [0.4, 0.5) is 0 Å². The van der Waals surface area contributed by atoms with Gasteiger partial charge in [0.05, 0.1) is 23.4 Å². The highest BCUT2D eigenvalue weighted by Gasteiger charge is 2.42. The number of phenolic OH excluding ortho intramolecular Hbond substituents is 1. The number of carbonyl (C=O) groups is 1. The van der Waals surface area contributed by atoms with Gasteiger partial charge in [0.2, 0.25) is 0 Å². The Hall–Kier alpha value is -2.14. The summed E-state index contributed by atoms with van der Waals surface area (Å²) in [4.78, 5) is 17.3. The number of aliphatic hydroxyl groups is 1. The second-order valence-corrected chi connectivity index (χ2v) is 7.43. The third-order valence-corrected chi connectivity index (χ3v) is 4.86. The van der Waals surface area contributed by atoms with E-state index in [-0.39, 0.29) is 29.7 Å². The molecular formula is C19H24N2O3. The van der Waals surface area contributed by atoms with E-state index in [0.29, 0.717) is 17.2 Å². The summed E-state index contributed by atoms with van der Waals surface area (Å²) in [7, 11) is 0. The molecule has 1 aliphatic carbocycles. The minimum absolute atomic E-state index is 0.0251. The normalized spacial score (nSPS) is 16.2. The Balaban J connectivity index is 1.91. The van der Waals surface area contributed by atoms with E-state index in [2.05, 4.69) is 10.3 Å². The molecule has 1 atom stereocenters. The van der Waals surface area contributed by atoms with Crippen molar-refractivity contribution >= 4 is 16.8 Å². The van der Waals surface area contributed by atoms with Crippen LogP contribution in [0.5, 0.6) is 5.75 Å². The van der Waals surface area contributed by atoms with Crippen LogP contribution in [0.15, 0.2) is 24.3 Å². The molecule has 24 heavy (non-hydrogen) atoms. The molecule has 128 valence electrons. The first-order valence-electron chi connectivity index (χ1n) is 8.34. The number of aliphatic hydroxyl groups excluding tert-OH is 1. The molecular weight excluding hydrogens is 304 g/mol. The van der Waals surface area contributed by atoms with Crippen molar-refractivity contribution in [3.63, 3.8) is 0 Å². The number of phenols is 1. The van der Waals surface area contributed by atoms with Crippen LogP contribution >= 0.6 is 0 Å². The summed E-state index contributed by atoms with van der Waals surface area (Å²) < 4.78 is 0. The zero-order chi connectivity index (χ0) is 17.5. The van der Waals surface area contributed by atoms with E-state index in [4.69, 9.17) is 0 Å². The lowest BCUT2D eigenvalue weighted by molar-refractivity contribution is 0.0771. The average molecular weight is 328 g/mol. The highest BCUT2D eigenvalue weighted by atomic mass is 16.3. The van der Waals surface area contributed by atoms with Crippen LogP contribution in [0.25, 0.3) is 10.9 Å². The van der Waals surface area contributed by atoms with Crippen LogP contribution in [-0.4, -0.2) is 33.8 Å². The number of carbonyl (C=O) groups excluding carboxylic acids is 1. The van der Waals surface area contributed by atoms with Crippen molar-refractivity contribution in [2.24, 2.45) is 11.3 Å². The number of nitrogens with zero attached hydrogens (tertiary/aromatic N) is 1. The van der Waals surface area contributed by atoms with Gasteiger partial charge in [-0.2, -0.15) is 0 Å². The van der Waals surface area contributed by atoms with Gasteiger partial charge in [-0.15, -0.1) is 0 Å². The van der Waals surface area contributed by atoms with Crippen LogP contribution in [0, 0.1) is 18.3 Å². The maximum absolute atomic E-state index is 12.8. The number of aromatic nitrogens is 1. The minimum atomic E-state index is -0.368. The number of aryl methyl sites for hydroxylation is 1. The first kappa shape index (κ1) is 16.7. The lowest BCUT2D eigenvalue weighted by Gasteiger charge is -2.33. The molecule has 5 nitrogen and oxygen atoms in total. The Morgan fingerprint density at radius 3 is 2.71 bits per heavy atom. The number of hydrogen-bond acceptors (Lipinski definition) is 4. The zero-order valence-corrected chi connectivity index (χ0v) is 14.3. The van der Waals surface area contributed by atoms with Gasteiger partial charge < -0.3 is 15.5 Å². The number of aromatic hydroxyl groups is 1. The number of nitrogens with one attached hydrogen (secondary N) is 1. The summed E-state index contributed by atoms with van der Waals surface area (Å²) in [5, 5.41) is 23.1. The summed E-state index contributed by atoms with van der Waals surface area (Å²) in [6.45, 7) is 5.78. The van der Waals surface area contributed by atoms with Crippen LogP contribution in [0.2, 0.25) is 0 Å². The van der Waals surface area contributed by atoms with Gasteiger partial charge in [-0.3, -0.25) is 9.78 Å². The summed E-state index contributed by atoms with van der Waals surface area (Å²) in [5.41, 5.74) is 1.54. The molecule has 1 fully saturated rings. The average Bonchev–Trinajstić information content (AvgIpc) is 3.36. The zero-order valence-electron chi connectivity index (χ0n) is 14.3. The molecule has 3 N–H and O–H groups in total. The van der Waals surface area contributed by atoms with Crippen molar-refractivity contribution in [2.75, 3.05) is 6.61 Å². The van der Waals surface area contributed by atoms with Gasteiger partial charge in [-0.1, -0.05) is 13.8 Å². The predicted octanol–water partition coefficient (Wildman–Crippen LogP) is 2.78. The Morgan fingerprint density at radius 2 is 2.08 bits per heavy atom. The van der Waals surface area contributed by atoms with E-state index in [0.717, 1.165) is 23.7 Å². The quantitative estimate of drug-likeness (QED) is 0.788. The van der Waals surface area contributed by atoms with Gasteiger partial charge in [-0.05, 0) is 49.9 Å². The SMILES string of the molecule is Cc1nc2ccc(O)cc2cc1C(=O)NC(C1CC1)C(C)(C)CO. The molecule has 0 aliphatic heterocycles. The molecule has 2 aromatic rings. The Bertz CT molecular complexity index is 782. The predicted molar refractivity (Wildman–Crippen MR) is 93.0 cm³/mol. The molecule has 0 spiro atoms. The van der Waals surface area contributed by atoms with Crippen molar-refractivity contribution in [1.82, 2.24) is 10.3 Å². The third-order valence-electron chi connectivity index (χ3n) is 4.86. The maximum atomic E-state index is 12.8. The minimum Gasteiger partial charge on any atom is -0.508 e. The van der Waals surface area contributed by atoms with Gasteiger partial charge in [0.1, 0.15) is 5.75 Å². The van der Waals surface area contributed by atoms with Crippen molar-refractivity contribution in [2.45, 2.75) is 39.7 Å². The lowest BCUT2D eigenvalue weighted by atomic mass is 9.82. The van der Waals surface area contributed by atoms with E-state index in [1.165, 1.54) is 0 Å². The number of fused-ring (bicyclic) bond motifs is 1. The Kier molecular flexibility index (Phi) is 4.22. The van der Waals surface area contributed by atoms with Gasteiger partial charge in [0.25, 0.3) is 5.91 Å². The molecule has 1 saturated carbocycles. The Labute approximate surface area is 141 Å². The summed E-state index contributed by atoms with van der Waals surface area (Å²) in [6, 6.07) is 6.63. The molecule has 1 heterocycles. The molecule has 3 rings (SSSR count). The molecule has 0 radical (unpaired) electrons. The van der Waals surface area contributed by atoms with Crippen LogP contribution < -0.4 is 5.32 Å². The first-order valence-corrected chi connectivity index (χ1v) is 8.34. The second kappa shape index (κ2) is 6.06. The fraction of sp³-hybridized carbons (Fsp3) is 0.474. The van der Waals surface area contributed by atoms with Crippen molar-refractivity contribution < 1.29 is 15.0 Å². The molecule has 1 amide bonds. The van der Waals surface area contributed by atoms with Crippen LogP contribution in [0.3, 0.4) is 0 Å². The first-order chi connectivity index (χ1) is 11.3. The number of pyridine rings is 1. The van der Waals surface area contributed by atoms with Crippen molar-refractivity contribution in [1.29, 1.82) is 0 Å². The molecule has 0 saturated heterocycles. The molecule has 1 unspecified atom stereocenters. The summed E-state index contributed by atoms with van der Waals surface area (Å²) in [5.74, 6) is 0.398.